The first-order valence-corrected chi connectivity index (χ1v) is 27.5. The summed E-state index contributed by atoms with van der Waals surface area (Å²) in [4.78, 5) is 58.7. The van der Waals surface area contributed by atoms with Gasteiger partial charge in [0, 0.05) is 24.3 Å². The minimum atomic E-state index is -1.18. The second kappa shape index (κ2) is 28.4. The Hall–Kier alpha value is -7.79. The molecule has 31 heteroatoms. The quantitative estimate of drug-likeness (QED) is 0.0382. The van der Waals surface area contributed by atoms with Crippen LogP contribution in [-0.2, 0) is 35.0 Å². The number of halogens is 1. The summed E-state index contributed by atoms with van der Waals surface area (Å²) in [5.41, 5.74) is 39.9. The number of nitrogens with one attached hydrogen (secondary N) is 3. The molecule has 6 unspecified atom stereocenters. The summed E-state index contributed by atoms with van der Waals surface area (Å²) in [6.07, 6.45) is 2.65. The second-order valence-corrected chi connectivity index (χ2v) is 20.8. The maximum atomic E-state index is 12.8. The number of nitrogen functional groups attached to an aromatic ring is 3. The number of imidazole rings is 2. The molecule has 460 valence electrons. The number of aromatic nitrogens is 8. The summed E-state index contributed by atoms with van der Waals surface area (Å²) in [5, 5.41) is 78.9. The van der Waals surface area contributed by atoms with Crippen molar-refractivity contribution in [3.63, 3.8) is 0 Å². The zero-order valence-electron chi connectivity index (χ0n) is 46.3. The second-order valence-electron chi connectivity index (χ2n) is 20.8. The van der Waals surface area contributed by atoms with Crippen LogP contribution < -0.4 is 50.4 Å². The van der Waals surface area contributed by atoms with Crippen LogP contribution >= 0.6 is 0 Å². The molecule has 0 radical (unpaired) electrons. The van der Waals surface area contributed by atoms with Crippen molar-refractivity contribution in [3.05, 3.63) is 91.5 Å². The third-order valence-electron chi connectivity index (χ3n) is 15.0. The fourth-order valence-electron chi connectivity index (χ4n) is 10.3. The van der Waals surface area contributed by atoms with Gasteiger partial charge in [-0.2, -0.15) is 0 Å². The Bertz CT molecular complexity index is 3360. The third-order valence-corrected chi connectivity index (χ3v) is 15.0. The number of fused-ring (bicyclic) bond motifs is 3. The predicted octanol–water partition coefficient (Wildman–Crippen LogP) is -2.28. The van der Waals surface area contributed by atoms with E-state index < -0.39 is 136 Å². The van der Waals surface area contributed by atoms with Crippen LogP contribution in [-0.4, -0.2) is 191 Å². The van der Waals surface area contributed by atoms with Crippen molar-refractivity contribution < 1.29 is 68.7 Å². The van der Waals surface area contributed by atoms with Crippen LogP contribution in [0.2, 0.25) is 0 Å². The molecule has 1 aromatic carbocycles. The van der Waals surface area contributed by atoms with E-state index in [9.17, 15) is 54.5 Å². The van der Waals surface area contributed by atoms with Gasteiger partial charge in [-0.1, -0.05) is 43.7 Å². The monoisotopic (exact) mass is 1190 g/mol. The molecule has 3 saturated heterocycles. The van der Waals surface area contributed by atoms with Crippen LogP contribution in [0, 0.1) is 0 Å². The first kappa shape index (κ1) is 63.2. The van der Waals surface area contributed by atoms with E-state index in [0.717, 1.165) is 12.0 Å². The van der Waals surface area contributed by atoms with Crippen LogP contribution in [0.3, 0.4) is 0 Å². The lowest BCUT2D eigenvalue weighted by Crippen LogP contribution is -2.52. The van der Waals surface area contributed by atoms with Gasteiger partial charge in [0.15, 0.2) is 30.0 Å². The van der Waals surface area contributed by atoms with Crippen LogP contribution in [0.1, 0.15) is 63.3 Å². The summed E-state index contributed by atoms with van der Waals surface area (Å²) in [6, 6.07) is 9.46. The molecule has 0 bridgehead atoms. The number of benzene rings is 1. The van der Waals surface area contributed by atoms with Crippen molar-refractivity contribution in [1.29, 1.82) is 0 Å². The minimum Gasteiger partial charge on any atom is -0.506 e. The number of aryl methyl sites for hydroxylation is 1. The van der Waals surface area contributed by atoms with Crippen LogP contribution in [0.15, 0.2) is 86.0 Å². The van der Waals surface area contributed by atoms with Gasteiger partial charge in [-0.05, 0) is 55.9 Å². The van der Waals surface area contributed by atoms with Crippen molar-refractivity contribution in [3.8, 4) is 5.75 Å². The molecule has 15 atom stereocenters. The molecule has 0 aliphatic carbocycles. The Morgan fingerprint density at radius 2 is 1.00 bits per heavy atom. The highest BCUT2D eigenvalue weighted by Gasteiger charge is 2.49. The topological polar surface area (TPSA) is 492 Å². The van der Waals surface area contributed by atoms with Gasteiger partial charge in [0.25, 0.3) is 0 Å². The number of hydrogen-bond acceptors (Lipinski definition) is 24. The first-order chi connectivity index (χ1) is 40.8. The molecule has 3 amide bonds. The number of carbonyl (C=O) groups is 3. The van der Waals surface area contributed by atoms with Gasteiger partial charge >= 0.3 is 0 Å². The van der Waals surface area contributed by atoms with E-state index >= 15 is 0 Å². The number of aliphatic hydroxyl groups excluding tert-OH is 6. The summed E-state index contributed by atoms with van der Waals surface area (Å²) in [6.45, 7) is 0.0494. The number of ether oxygens (including phenoxy) is 3. The Kier molecular flexibility index (Phi) is 21.1. The lowest BCUT2D eigenvalue weighted by Gasteiger charge is -2.24. The molecule has 3 aliphatic rings. The number of hydrogen-bond donors (Lipinski definition) is 16. The molecule has 30 nitrogen and oxygen atoms in total. The van der Waals surface area contributed by atoms with Gasteiger partial charge in [-0.3, -0.25) is 32.5 Å². The van der Waals surface area contributed by atoms with Gasteiger partial charge in [-0.15, -0.1) is 0 Å². The smallest absolute Gasteiger partial charge is 0.237 e. The molecule has 3 aliphatic heterocycles. The SMILES string of the molecule is CCCC(N)C(=O)N[C@H]1C(O)[C@@H](CO)O[C@H]1n1cc(O)c2c(N)ccnc21.Nc1ccnc2c1ncn2[C@@H]1O[C@H](CO)C(O)[C@@H]1NC(=O)C(N)CCCF.Nc1ccnc2c1ncn2[C@@H]1O[C@H](CO)C(O)[C@@H]1NC(=O)C(N)CCc1ccccc1. The highest BCUT2D eigenvalue weighted by molar-refractivity contribution is 5.94. The van der Waals surface area contributed by atoms with E-state index in [2.05, 4.69) is 40.9 Å². The Morgan fingerprint density at radius 3 is 1.44 bits per heavy atom. The van der Waals surface area contributed by atoms with Crippen molar-refractivity contribution in [1.82, 2.24) is 54.6 Å². The lowest BCUT2D eigenvalue weighted by atomic mass is 10.0. The number of nitrogens with two attached hydrogens (primary N) is 6. The van der Waals surface area contributed by atoms with E-state index in [1.807, 2.05) is 37.3 Å². The van der Waals surface area contributed by atoms with Crippen molar-refractivity contribution in [2.24, 2.45) is 17.2 Å². The lowest BCUT2D eigenvalue weighted by molar-refractivity contribution is -0.125. The number of alkyl halides is 1. The number of anilines is 3. The fourth-order valence-corrected chi connectivity index (χ4v) is 10.3. The van der Waals surface area contributed by atoms with Gasteiger partial charge in [0.2, 0.25) is 17.7 Å². The van der Waals surface area contributed by atoms with E-state index in [0.29, 0.717) is 69.7 Å². The zero-order chi connectivity index (χ0) is 61.2. The standard InChI is InChI=1S/C21H26N6O4.C17H25N5O5.C16H23FN6O4/c22-13-8-9-24-19-16(13)25-11-27(19)21-17(18(29)15(10-28)31-21)26-20(30)14(23)7-6-12-4-2-1-3-5-12;1-2-3-9(19)16(26)21-13-14(25)11(7-23)27-17(13)22-6-10(24)12-8(18)4-5-20-15(12)22;17-4-1-2-9(19)15(26)22-12-13(25)10(6-24)27-16(12)23-7-21-11-8(18)3-5-20-14(11)23/h1-5,8-9,11,14-15,17-18,21,28-29H,6-7,10,23H2,(H2,22,24)(H,26,30);4-6,9,11,13-14,17,23-25H,2-3,7,19H2,1H3,(H2,18,20)(H,21,26);3,5,7,9-10,12-13,16,24-25H,1-2,4,6,19H2,(H2,18,20)(H,22,26)/t14?,15-,17+,18?,21-;9?,11-,13+,14?,17-;9?,10-,12+,13?,16-/m111/s1. The minimum absolute atomic E-state index is 0.103. The summed E-state index contributed by atoms with van der Waals surface area (Å²) in [5.74, 6) is -1.49. The molecular weight excluding hydrogens is 1110 g/mol. The molecule has 85 heavy (non-hydrogen) atoms. The van der Waals surface area contributed by atoms with E-state index in [-0.39, 0.29) is 18.6 Å². The number of pyridine rings is 3. The molecule has 22 N–H and O–H groups in total. The largest absolute Gasteiger partial charge is 0.506 e. The van der Waals surface area contributed by atoms with Crippen LogP contribution in [0.4, 0.5) is 21.5 Å². The van der Waals surface area contributed by atoms with Crippen molar-refractivity contribution >= 4 is 68.1 Å². The number of nitrogens with zero attached hydrogens (tertiary/aromatic N) is 8. The Labute approximate surface area is 485 Å². The molecule has 6 aromatic heterocycles. The third kappa shape index (κ3) is 13.8. The predicted molar refractivity (Wildman–Crippen MR) is 305 cm³/mol. The average Bonchev–Trinajstić information content (AvgIpc) is 2.16. The summed E-state index contributed by atoms with van der Waals surface area (Å²) < 4.78 is 34.2. The fraction of sp³-hybridized carbons (Fsp3) is 0.481. The number of amides is 3. The highest BCUT2D eigenvalue weighted by Crippen LogP contribution is 2.38. The molecule has 9 heterocycles. The Balaban J connectivity index is 0.000000167. The summed E-state index contributed by atoms with van der Waals surface area (Å²) >= 11 is 0. The number of aromatic hydroxyl groups is 1. The molecule has 7 aromatic rings. The van der Waals surface area contributed by atoms with Crippen molar-refractivity contribution in [2.45, 2.75) is 137 Å². The zero-order valence-corrected chi connectivity index (χ0v) is 46.3. The van der Waals surface area contributed by atoms with Gasteiger partial charge in [0.05, 0.1) is 80.2 Å². The van der Waals surface area contributed by atoms with E-state index in [1.165, 1.54) is 46.6 Å². The van der Waals surface area contributed by atoms with Crippen LogP contribution in [0.25, 0.3) is 33.4 Å². The van der Waals surface area contributed by atoms with Crippen LogP contribution in [0.5, 0.6) is 5.75 Å². The van der Waals surface area contributed by atoms with Gasteiger partial charge in [-0.25, -0.2) is 24.9 Å². The first-order valence-electron chi connectivity index (χ1n) is 27.5. The molecule has 3 fully saturated rings. The van der Waals surface area contributed by atoms with E-state index in [1.54, 1.807) is 22.8 Å². The maximum Gasteiger partial charge on any atom is 0.237 e. The number of carbonyl (C=O) groups excluding carboxylic acids is 3. The Morgan fingerprint density at radius 1 is 0.588 bits per heavy atom. The van der Waals surface area contributed by atoms with Gasteiger partial charge in [0.1, 0.15) is 77.2 Å². The maximum absolute atomic E-state index is 12.8. The van der Waals surface area contributed by atoms with E-state index in [4.69, 9.17) is 48.6 Å². The molecule has 0 spiro atoms. The number of aliphatic hydroxyl groups is 6. The number of rotatable bonds is 20. The average molecular weight is 1190 g/mol. The summed E-state index contributed by atoms with van der Waals surface area (Å²) in [7, 11) is 0. The van der Waals surface area contributed by atoms with Crippen molar-refractivity contribution in [2.75, 3.05) is 43.7 Å². The molecule has 10 rings (SSSR count). The van der Waals surface area contributed by atoms with Gasteiger partial charge < -0.3 is 100 Å². The normalized spacial score (nSPS) is 25.6. The molecule has 0 saturated carbocycles. The molecular formula is C54H74FN17O13. The highest BCUT2D eigenvalue weighted by atomic mass is 19.1.